The molecular weight excluding hydrogens is 626 g/mol. The van der Waals surface area contributed by atoms with Crippen LogP contribution in [0.25, 0.3) is 22.2 Å². The predicted molar refractivity (Wildman–Crippen MR) is 168 cm³/mol. The molecule has 3 unspecified atom stereocenters. The number of rotatable bonds is 8. The fourth-order valence-corrected chi connectivity index (χ4v) is 7.74. The molecule has 3 saturated heterocycles. The number of aryl methyl sites for hydroxylation is 1. The van der Waals surface area contributed by atoms with E-state index in [1.807, 2.05) is 0 Å². The molecule has 14 heteroatoms. The highest BCUT2D eigenvalue weighted by atomic mass is 35.5. The van der Waals surface area contributed by atoms with Gasteiger partial charge >= 0.3 is 12.2 Å². The van der Waals surface area contributed by atoms with E-state index in [0.29, 0.717) is 30.9 Å². The quantitative estimate of drug-likeness (QED) is 0.298. The van der Waals surface area contributed by atoms with Crippen LogP contribution in [0.4, 0.5) is 29.2 Å². The Balaban J connectivity index is 1.29. The first-order valence-corrected chi connectivity index (χ1v) is 16.2. The molecule has 9 nitrogen and oxygen atoms in total. The summed E-state index contributed by atoms with van der Waals surface area (Å²) < 4.78 is 71.3. The number of hydrogen-bond donors (Lipinski definition) is 2. The number of methoxy groups -OCH3 is 1. The molecule has 0 spiro atoms. The summed E-state index contributed by atoms with van der Waals surface area (Å²) >= 11 is 6.61. The topological polar surface area (TPSA) is 102 Å². The lowest BCUT2D eigenvalue weighted by Gasteiger charge is -2.35. The third-order valence-electron chi connectivity index (χ3n) is 9.93. The maximum Gasteiger partial charge on any atom is 0.418 e. The molecule has 1 aliphatic carbocycles. The average Bonchev–Trinajstić information content (AvgIpc) is 3.68. The zero-order valence-electron chi connectivity index (χ0n) is 25.9. The molecule has 1 aromatic carbocycles. The summed E-state index contributed by atoms with van der Waals surface area (Å²) in [6.07, 6.45) is 1.49. The van der Waals surface area contributed by atoms with Crippen molar-refractivity contribution in [2.24, 2.45) is 5.41 Å². The van der Waals surface area contributed by atoms with Gasteiger partial charge in [0.05, 0.1) is 34.6 Å². The van der Waals surface area contributed by atoms with Crippen LogP contribution < -0.4 is 20.7 Å². The van der Waals surface area contributed by atoms with E-state index < -0.39 is 28.8 Å². The van der Waals surface area contributed by atoms with Gasteiger partial charge in [0.1, 0.15) is 17.2 Å². The number of nitrogens with two attached hydrogens (primary N) is 1. The largest absolute Gasteiger partial charge is 0.463 e. The van der Waals surface area contributed by atoms with Gasteiger partial charge in [-0.05, 0) is 69.7 Å². The number of ether oxygens (including phenoxy) is 2. The first kappa shape index (κ1) is 31.6. The third-order valence-corrected chi connectivity index (χ3v) is 10.2. The first-order chi connectivity index (χ1) is 21.9. The molecule has 1 saturated carbocycles. The number of nitrogen functional groups attached to an aromatic ring is 1. The number of nitrogens with one attached hydrogen (secondary N) is 1. The molecule has 7 rings (SSSR count). The number of piperidine rings is 1. The molecule has 0 amide bonds. The predicted octanol–water partition coefficient (Wildman–Crippen LogP) is 5.60. The van der Waals surface area contributed by atoms with Crippen LogP contribution in [0.5, 0.6) is 6.01 Å². The Labute approximate surface area is 269 Å². The third kappa shape index (κ3) is 6.07. The highest BCUT2D eigenvalue weighted by Crippen LogP contribution is 2.48. The van der Waals surface area contributed by atoms with Crippen LogP contribution in [0.15, 0.2) is 12.1 Å². The SMILES string of the molecule is COC1CCCN(CC2(COc3nc(N4CC5CCC(C4)N5)c4cc(Cl)c(-c5nc(N)cc(C)c5C(F)(F)F)c(F)c4n3)CC2)C1. The van der Waals surface area contributed by atoms with Gasteiger partial charge in [-0.25, -0.2) is 9.37 Å². The van der Waals surface area contributed by atoms with Crippen molar-refractivity contribution in [3.05, 3.63) is 34.1 Å². The van der Waals surface area contributed by atoms with Gasteiger partial charge in [-0.3, -0.25) is 0 Å². The molecular formula is C32H38ClF4N7O2. The lowest BCUT2D eigenvalue weighted by atomic mass is 9.99. The van der Waals surface area contributed by atoms with E-state index in [9.17, 15) is 13.2 Å². The Bertz CT molecular complexity index is 1640. The number of halogens is 5. The van der Waals surface area contributed by atoms with Gasteiger partial charge in [0, 0.05) is 56.2 Å². The number of piperazine rings is 1. The van der Waals surface area contributed by atoms with Crippen LogP contribution in [0.3, 0.4) is 0 Å². The van der Waals surface area contributed by atoms with Crippen LogP contribution in [0.1, 0.15) is 49.7 Å². The van der Waals surface area contributed by atoms with E-state index in [1.165, 1.54) is 13.0 Å². The summed E-state index contributed by atoms with van der Waals surface area (Å²) in [6.45, 7) is 5.59. The Morgan fingerprint density at radius 1 is 1.09 bits per heavy atom. The first-order valence-electron chi connectivity index (χ1n) is 15.9. The lowest BCUT2D eigenvalue weighted by Crippen LogP contribution is -2.51. The van der Waals surface area contributed by atoms with Crippen molar-refractivity contribution in [1.82, 2.24) is 25.2 Å². The van der Waals surface area contributed by atoms with Crippen LogP contribution >= 0.6 is 11.6 Å². The second-order valence-corrected chi connectivity index (χ2v) is 13.8. The molecule has 3 aromatic rings. The number of pyridine rings is 1. The number of likely N-dealkylation sites (tertiary alicyclic amines) is 1. The summed E-state index contributed by atoms with van der Waals surface area (Å²) in [7, 11) is 1.74. The van der Waals surface area contributed by atoms with Gasteiger partial charge in [-0.15, -0.1) is 0 Å². The molecule has 3 aliphatic heterocycles. The molecule has 0 radical (unpaired) electrons. The molecule has 5 heterocycles. The van der Waals surface area contributed by atoms with Crippen LogP contribution in [-0.2, 0) is 10.9 Å². The fourth-order valence-electron chi connectivity index (χ4n) is 7.46. The van der Waals surface area contributed by atoms with Crippen LogP contribution in [0.2, 0.25) is 5.02 Å². The number of fused-ring (bicyclic) bond motifs is 3. The molecule has 2 aromatic heterocycles. The minimum atomic E-state index is -4.83. The van der Waals surface area contributed by atoms with Crippen molar-refractivity contribution in [3.63, 3.8) is 0 Å². The number of hydrogen-bond acceptors (Lipinski definition) is 9. The lowest BCUT2D eigenvalue weighted by molar-refractivity contribution is -0.137. The molecule has 4 fully saturated rings. The van der Waals surface area contributed by atoms with Crippen LogP contribution in [-0.4, -0.2) is 84.5 Å². The second-order valence-electron chi connectivity index (χ2n) is 13.4. The number of aromatic nitrogens is 3. The van der Waals surface area contributed by atoms with Crippen molar-refractivity contribution >= 4 is 34.1 Å². The van der Waals surface area contributed by atoms with E-state index in [1.54, 1.807) is 7.11 Å². The number of anilines is 2. The highest BCUT2D eigenvalue weighted by Gasteiger charge is 2.46. The minimum absolute atomic E-state index is 0.0204. The maximum atomic E-state index is 16.7. The zero-order chi connectivity index (χ0) is 32.4. The van der Waals surface area contributed by atoms with E-state index in [2.05, 4.69) is 25.1 Å². The number of benzene rings is 1. The van der Waals surface area contributed by atoms with Gasteiger partial charge in [0.2, 0.25) is 0 Å². The standard InChI is InChI=1S/C32H38ClF4N7O2/c1-17-10-23(38)40-28(25(17)32(35,36)37)24-22(33)11-21-27(26(24)34)41-30(42-29(21)44-12-18-5-6-19(13-44)39-18)46-16-31(7-8-31)15-43-9-3-4-20(14-43)45-2/h10-11,18-20,39H,3-9,12-16H2,1-2H3,(H2,38,40). The normalized spacial score (nSPS) is 24.5. The van der Waals surface area contributed by atoms with Crippen molar-refractivity contribution in [1.29, 1.82) is 0 Å². The van der Waals surface area contributed by atoms with Gasteiger partial charge in [0.15, 0.2) is 5.82 Å². The highest BCUT2D eigenvalue weighted by molar-refractivity contribution is 6.34. The number of alkyl halides is 3. The summed E-state index contributed by atoms with van der Waals surface area (Å²) in [4.78, 5) is 17.7. The van der Waals surface area contributed by atoms with Crippen molar-refractivity contribution in [3.8, 4) is 17.3 Å². The summed E-state index contributed by atoms with van der Waals surface area (Å²) in [5.41, 5.74) is 3.13. The smallest absolute Gasteiger partial charge is 0.418 e. The monoisotopic (exact) mass is 663 g/mol. The second kappa shape index (κ2) is 11.9. The van der Waals surface area contributed by atoms with Crippen LogP contribution in [0, 0.1) is 18.2 Å². The zero-order valence-corrected chi connectivity index (χ0v) is 26.6. The maximum absolute atomic E-state index is 16.7. The molecule has 3 N–H and O–H groups in total. The van der Waals surface area contributed by atoms with Gasteiger partial charge < -0.3 is 30.3 Å². The fraction of sp³-hybridized carbons (Fsp3) is 0.594. The molecule has 3 atom stereocenters. The summed E-state index contributed by atoms with van der Waals surface area (Å²) in [6, 6.07) is 3.02. The Morgan fingerprint density at radius 2 is 1.83 bits per heavy atom. The molecule has 46 heavy (non-hydrogen) atoms. The molecule has 248 valence electrons. The van der Waals surface area contributed by atoms with Crippen molar-refractivity contribution in [2.75, 3.05) is 57.1 Å². The van der Waals surface area contributed by atoms with E-state index >= 15 is 4.39 Å². The van der Waals surface area contributed by atoms with Gasteiger partial charge in [0.25, 0.3) is 0 Å². The molecule has 2 bridgehead atoms. The van der Waals surface area contributed by atoms with Gasteiger partial charge in [-0.2, -0.15) is 23.1 Å². The van der Waals surface area contributed by atoms with E-state index in [-0.39, 0.29) is 51.5 Å². The molecule has 4 aliphatic rings. The van der Waals surface area contributed by atoms with Gasteiger partial charge in [-0.1, -0.05) is 11.6 Å². The van der Waals surface area contributed by atoms with Crippen molar-refractivity contribution < 1.29 is 27.0 Å². The Kier molecular flexibility index (Phi) is 8.18. The Hall–Kier alpha value is -3.00. The summed E-state index contributed by atoms with van der Waals surface area (Å²) in [5, 5.41) is 3.64. The summed E-state index contributed by atoms with van der Waals surface area (Å²) in [5.74, 6) is -0.764. The minimum Gasteiger partial charge on any atom is -0.463 e. The Morgan fingerprint density at radius 3 is 2.50 bits per heavy atom. The van der Waals surface area contributed by atoms with E-state index in [4.69, 9.17) is 31.8 Å². The number of nitrogens with zero attached hydrogens (tertiary/aromatic N) is 5. The van der Waals surface area contributed by atoms with Crippen molar-refractivity contribution in [2.45, 2.75) is 69.8 Å². The average molecular weight is 664 g/mol. The van der Waals surface area contributed by atoms with E-state index in [0.717, 1.165) is 64.2 Å².